The molecule has 1 aromatic carbocycles. The quantitative estimate of drug-likeness (QED) is 0.671. The van der Waals surface area contributed by atoms with Crippen LogP contribution in [0.3, 0.4) is 0 Å². The average molecular weight is 445 g/mol. The smallest absolute Gasteiger partial charge is 0.162 e. The summed E-state index contributed by atoms with van der Waals surface area (Å²) in [6.07, 6.45) is 1.24. The Kier molecular flexibility index (Phi) is 5.85. The first-order chi connectivity index (χ1) is 13.3. The zero-order chi connectivity index (χ0) is 20.5. The second-order valence-corrected chi connectivity index (χ2v) is 8.78. The van der Waals surface area contributed by atoms with Crippen molar-refractivity contribution in [3.05, 3.63) is 46.3 Å². The number of ketones is 1. The van der Waals surface area contributed by atoms with Crippen molar-refractivity contribution in [2.45, 2.75) is 39.5 Å². The Labute approximate surface area is 174 Å². The second-order valence-electron chi connectivity index (χ2n) is 7.98. The molecule has 6 heteroatoms. The van der Waals surface area contributed by atoms with Crippen LogP contribution in [0, 0.1) is 16.7 Å². The van der Waals surface area contributed by atoms with Gasteiger partial charge in [0.1, 0.15) is 11.5 Å². The molecule has 1 aliphatic carbocycles. The first-order valence-electron chi connectivity index (χ1n) is 9.32. The number of rotatable bonds is 5. The Hall–Kier alpha value is -2.26. The highest BCUT2D eigenvalue weighted by atomic mass is 79.9. The highest BCUT2D eigenvalue weighted by molar-refractivity contribution is 9.09. The van der Waals surface area contributed by atoms with Crippen molar-refractivity contribution < 1.29 is 14.3 Å². The van der Waals surface area contributed by atoms with E-state index in [2.05, 4.69) is 41.2 Å². The minimum absolute atomic E-state index is 0.0886. The molecule has 1 atom stereocenters. The van der Waals surface area contributed by atoms with Gasteiger partial charge in [-0.2, -0.15) is 5.26 Å². The van der Waals surface area contributed by atoms with Crippen LogP contribution in [-0.2, 0) is 4.79 Å². The van der Waals surface area contributed by atoms with Crippen LogP contribution in [0.25, 0.3) is 0 Å². The molecule has 1 aromatic rings. The molecule has 1 aliphatic heterocycles. The summed E-state index contributed by atoms with van der Waals surface area (Å²) in [6, 6.07) is 7.90. The van der Waals surface area contributed by atoms with E-state index >= 15 is 0 Å². The van der Waals surface area contributed by atoms with Crippen molar-refractivity contribution in [2.24, 2.45) is 5.41 Å². The number of hydrogen-bond donors (Lipinski definition) is 1. The van der Waals surface area contributed by atoms with Gasteiger partial charge in [0.2, 0.25) is 0 Å². The number of hydrogen-bond acceptors (Lipinski definition) is 5. The molecule has 0 saturated carbocycles. The Morgan fingerprint density at radius 2 is 2.11 bits per heavy atom. The zero-order valence-electron chi connectivity index (χ0n) is 16.7. The van der Waals surface area contributed by atoms with E-state index in [1.807, 2.05) is 25.1 Å². The van der Waals surface area contributed by atoms with Gasteiger partial charge in [0.25, 0.3) is 0 Å². The molecule has 1 N–H and O–H groups in total. The van der Waals surface area contributed by atoms with E-state index in [4.69, 9.17) is 9.47 Å². The summed E-state index contributed by atoms with van der Waals surface area (Å²) < 4.78 is 11.3. The van der Waals surface area contributed by atoms with Crippen molar-refractivity contribution in [1.82, 2.24) is 5.32 Å². The minimum Gasteiger partial charge on any atom is -0.496 e. The third kappa shape index (κ3) is 3.81. The Balaban J connectivity index is 2.14. The largest absolute Gasteiger partial charge is 0.496 e. The lowest BCUT2D eigenvalue weighted by Crippen LogP contribution is -2.36. The summed E-state index contributed by atoms with van der Waals surface area (Å²) in [7, 11) is 1.60. The molecule has 0 unspecified atom stereocenters. The molecule has 0 fully saturated rings. The van der Waals surface area contributed by atoms with Crippen LogP contribution in [0.2, 0.25) is 0 Å². The van der Waals surface area contributed by atoms with E-state index in [9.17, 15) is 10.1 Å². The first kappa shape index (κ1) is 20.5. The highest BCUT2D eigenvalue weighted by Crippen LogP contribution is 2.48. The molecule has 1 heterocycles. The number of benzene rings is 1. The summed E-state index contributed by atoms with van der Waals surface area (Å²) >= 11 is 3.35. The topological polar surface area (TPSA) is 71.3 Å². The average Bonchev–Trinajstić information content (AvgIpc) is 2.64. The summed E-state index contributed by atoms with van der Waals surface area (Å²) in [5.41, 5.74) is 3.66. The molecule has 28 heavy (non-hydrogen) atoms. The van der Waals surface area contributed by atoms with Gasteiger partial charge in [-0.3, -0.25) is 4.79 Å². The number of nitrogens with one attached hydrogen (secondary N) is 1. The number of alkyl halides is 1. The minimum atomic E-state index is -0.426. The zero-order valence-corrected chi connectivity index (χ0v) is 18.3. The van der Waals surface area contributed by atoms with Gasteiger partial charge in [0.15, 0.2) is 5.78 Å². The summed E-state index contributed by atoms with van der Waals surface area (Å²) in [5.74, 6) is 0.971. The lowest BCUT2D eigenvalue weighted by Gasteiger charge is -2.39. The predicted octanol–water partition coefficient (Wildman–Crippen LogP) is 4.60. The number of halogens is 1. The van der Waals surface area contributed by atoms with Gasteiger partial charge in [0.05, 0.1) is 31.3 Å². The Morgan fingerprint density at radius 1 is 1.36 bits per heavy atom. The number of methoxy groups -OCH3 is 1. The lowest BCUT2D eigenvalue weighted by atomic mass is 9.68. The van der Waals surface area contributed by atoms with Gasteiger partial charge in [-0.25, -0.2) is 0 Å². The van der Waals surface area contributed by atoms with Crippen LogP contribution in [0.15, 0.2) is 40.7 Å². The van der Waals surface area contributed by atoms with Crippen molar-refractivity contribution in [3.63, 3.8) is 0 Å². The molecule has 0 saturated heterocycles. The van der Waals surface area contributed by atoms with Crippen molar-refractivity contribution in [3.8, 4) is 17.6 Å². The van der Waals surface area contributed by atoms with Gasteiger partial charge in [-0.15, -0.1) is 0 Å². The molecule has 0 bridgehead atoms. The molecular weight excluding hydrogens is 420 g/mol. The van der Waals surface area contributed by atoms with E-state index in [0.717, 1.165) is 28.7 Å². The normalized spacial score (nSPS) is 21.0. The maximum Gasteiger partial charge on any atom is 0.162 e. The van der Waals surface area contributed by atoms with Crippen LogP contribution in [-0.4, -0.2) is 24.8 Å². The van der Waals surface area contributed by atoms with Crippen LogP contribution >= 0.6 is 15.9 Å². The second kappa shape index (κ2) is 8.00. The van der Waals surface area contributed by atoms with E-state index in [-0.39, 0.29) is 11.2 Å². The molecular formula is C22H25BrN2O3. The molecule has 5 nitrogen and oxygen atoms in total. The molecule has 0 amide bonds. The number of carbonyl (C=O) groups is 1. The number of Topliss-reactive ketones (excluding diaryl/α,β-unsaturated/α-hetero) is 1. The van der Waals surface area contributed by atoms with E-state index < -0.39 is 5.92 Å². The van der Waals surface area contributed by atoms with Crippen LogP contribution in [0.1, 0.15) is 45.1 Å². The SMILES string of the molecule is COc1cc(OCCBr)ccc1[C@H]1C(C#N)=C(C)NC2=C1C(=O)CC(C)(C)C2. The fraction of sp³-hybridized carbons (Fsp3) is 0.455. The van der Waals surface area contributed by atoms with Crippen molar-refractivity contribution in [1.29, 1.82) is 5.26 Å². The standard InChI is InChI=1S/C22H25BrN2O3/c1-13-16(12-24)20(21-17(25-13)10-22(2,3)11-18(21)26)15-6-5-14(28-8-7-23)9-19(15)27-4/h5-6,9,20,25H,7-8,10-11H2,1-4H3/t20-/m0/s1. The van der Waals surface area contributed by atoms with E-state index in [0.29, 0.717) is 35.7 Å². The van der Waals surface area contributed by atoms with Crippen molar-refractivity contribution in [2.75, 3.05) is 19.0 Å². The van der Waals surface area contributed by atoms with Gasteiger partial charge < -0.3 is 14.8 Å². The van der Waals surface area contributed by atoms with Gasteiger partial charge >= 0.3 is 0 Å². The summed E-state index contributed by atoms with van der Waals surface area (Å²) in [4.78, 5) is 13.1. The summed E-state index contributed by atoms with van der Waals surface area (Å²) in [6.45, 7) is 6.63. The van der Waals surface area contributed by atoms with Gasteiger partial charge in [-0.05, 0) is 24.8 Å². The summed E-state index contributed by atoms with van der Waals surface area (Å²) in [5, 5.41) is 13.9. The van der Waals surface area contributed by atoms with Crippen molar-refractivity contribution >= 4 is 21.7 Å². The maximum absolute atomic E-state index is 13.1. The predicted molar refractivity (Wildman–Crippen MR) is 112 cm³/mol. The lowest BCUT2D eigenvalue weighted by molar-refractivity contribution is -0.118. The van der Waals surface area contributed by atoms with Crippen LogP contribution in [0.4, 0.5) is 0 Å². The molecule has 0 aromatic heterocycles. The fourth-order valence-electron chi connectivity index (χ4n) is 4.07. The Morgan fingerprint density at radius 3 is 2.75 bits per heavy atom. The third-order valence-corrected chi connectivity index (χ3v) is 5.55. The van der Waals surface area contributed by atoms with E-state index in [1.54, 1.807) is 7.11 Å². The number of ether oxygens (including phenoxy) is 2. The van der Waals surface area contributed by atoms with E-state index in [1.165, 1.54) is 0 Å². The van der Waals surface area contributed by atoms with Gasteiger partial charge in [-0.1, -0.05) is 35.8 Å². The number of carbonyl (C=O) groups excluding carboxylic acids is 1. The van der Waals surface area contributed by atoms with Crippen LogP contribution in [0.5, 0.6) is 11.5 Å². The molecule has 148 valence electrons. The van der Waals surface area contributed by atoms with Gasteiger partial charge in [0, 0.05) is 40.3 Å². The monoisotopic (exact) mass is 444 g/mol. The van der Waals surface area contributed by atoms with Crippen LogP contribution < -0.4 is 14.8 Å². The molecule has 3 rings (SSSR count). The number of nitriles is 1. The fourth-order valence-corrected chi connectivity index (χ4v) is 4.23. The number of allylic oxidation sites excluding steroid dienone is 4. The molecule has 0 radical (unpaired) electrons. The Bertz CT molecular complexity index is 909. The highest BCUT2D eigenvalue weighted by Gasteiger charge is 2.41. The first-order valence-corrected chi connectivity index (χ1v) is 10.4. The molecule has 0 spiro atoms. The third-order valence-electron chi connectivity index (χ3n) is 5.22. The molecule has 2 aliphatic rings. The number of dihydropyridines is 1. The number of nitrogens with zero attached hydrogens (tertiary/aromatic N) is 1. The maximum atomic E-state index is 13.1.